The first-order chi connectivity index (χ1) is 9.16. The largest absolute Gasteiger partial charge is 0.468 e. The molecule has 0 radical (unpaired) electrons. The lowest BCUT2D eigenvalue weighted by molar-refractivity contribution is 0.158. The zero-order valence-corrected chi connectivity index (χ0v) is 12.4. The number of rotatable bonds is 7. The molecule has 0 aliphatic carbocycles. The van der Waals surface area contributed by atoms with Crippen LogP contribution in [-0.4, -0.2) is 55.6 Å². The summed E-state index contributed by atoms with van der Waals surface area (Å²) in [6.07, 6.45) is 4.40. The molecule has 2 rings (SSSR count). The number of nitrogens with one attached hydrogen (secondary N) is 1. The number of nitrogens with zero attached hydrogens (tertiary/aromatic N) is 2. The first kappa shape index (κ1) is 14.6. The Morgan fingerprint density at radius 1 is 1.53 bits per heavy atom. The SMILES string of the molecule is CC(CNCc1ccco1)N1CCCC1CN(C)C. The Kier molecular flexibility index (Phi) is 5.43. The summed E-state index contributed by atoms with van der Waals surface area (Å²) in [7, 11) is 4.33. The van der Waals surface area contributed by atoms with E-state index in [0.29, 0.717) is 6.04 Å². The molecule has 1 aliphatic heterocycles. The minimum absolute atomic E-state index is 0.586. The maximum Gasteiger partial charge on any atom is 0.117 e. The van der Waals surface area contributed by atoms with E-state index < -0.39 is 0 Å². The van der Waals surface area contributed by atoms with Crippen LogP contribution >= 0.6 is 0 Å². The molecule has 1 aliphatic rings. The second-order valence-corrected chi connectivity index (χ2v) is 5.86. The molecule has 2 heterocycles. The lowest BCUT2D eigenvalue weighted by Crippen LogP contribution is -2.46. The van der Waals surface area contributed by atoms with Crippen molar-refractivity contribution in [2.45, 2.75) is 38.4 Å². The molecular formula is C15H27N3O. The Bertz CT molecular complexity index is 350. The number of hydrogen-bond donors (Lipinski definition) is 1. The molecule has 2 unspecified atom stereocenters. The van der Waals surface area contributed by atoms with Gasteiger partial charge in [0, 0.05) is 25.2 Å². The van der Waals surface area contributed by atoms with Gasteiger partial charge in [0.2, 0.25) is 0 Å². The number of furan rings is 1. The topological polar surface area (TPSA) is 31.7 Å². The molecule has 108 valence electrons. The predicted octanol–water partition coefficient (Wildman–Crippen LogP) is 1.78. The third-order valence-electron chi connectivity index (χ3n) is 3.88. The monoisotopic (exact) mass is 265 g/mol. The van der Waals surface area contributed by atoms with Crippen LogP contribution in [-0.2, 0) is 6.54 Å². The maximum absolute atomic E-state index is 5.33. The van der Waals surface area contributed by atoms with Gasteiger partial charge in [0.25, 0.3) is 0 Å². The van der Waals surface area contributed by atoms with Crippen LogP contribution in [0, 0.1) is 0 Å². The van der Waals surface area contributed by atoms with Crippen molar-refractivity contribution in [2.24, 2.45) is 0 Å². The van der Waals surface area contributed by atoms with E-state index >= 15 is 0 Å². The molecule has 0 amide bonds. The zero-order valence-electron chi connectivity index (χ0n) is 12.4. The summed E-state index contributed by atoms with van der Waals surface area (Å²) in [5.74, 6) is 1.01. The molecule has 4 heteroatoms. The number of hydrogen-bond acceptors (Lipinski definition) is 4. The Morgan fingerprint density at radius 2 is 2.37 bits per heavy atom. The molecule has 2 atom stereocenters. The van der Waals surface area contributed by atoms with Gasteiger partial charge in [-0.1, -0.05) is 0 Å². The third kappa shape index (κ3) is 4.34. The van der Waals surface area contributed by atoms with Gasteiger partial charge in [-0.15, -0.1) is 0 Å². The summed E-state index contributed by atoms with van der Waals surface area (Å²) in [4.78, 5) is 4.95. The van der Waals surface area contributed by atoms with Crippen LogP contribution < -0.4 is 5.32 Å². The van der Waals surface area contributed by atoms with Gasteiger partial charge in [-0.05, 0) is 52.5 Å². The Morgan fingerprint density at radius 3 is 3.05 bits per heavy atom. The molecule has 19 heavy (non-hydrogen) atoms. The Balaban J connectivity index is 1.73. The first-order valence-electron chi connectivity index (χ1n) is 7.30. The summed E-state index contributed by atoms with van der Waals surface area (Å²) in [6, 6.07) is 5.26. The molecule has 0 saturated carbocycles. The summed E-state index contributed by atoms with van der Waals surface area (Å²) in [5.41, 5.74) is 0. The van der Waals surface area contributed by atoms with E-state index in [4.69, 9.17) is 4.42 Å². The molecule has 4 nitrogen and oxygen atoms in total. The zero-order chi connectivity index (χ0) is 13.7. The van der Waals surface area contributed by atoms with E-state index in [9.17, 15) is 0 Å². The maximum atomic E-state index is 5.33. The lowest BCUT2D eigenvalue weighted by Gasteiger charge is -2.32. The van der Waals surface area contributed by atoms with Crippen LogP contribution in [0.2, 0.25) is 0 Å². The minimum atomic E-state index is 0.586. The van der Waals surface area contributed by atoms with Crippen molar-refractivity contribution in [3.8, 4) is 0 Å². The van der Waals surface area contributed by atoms with Crippen molar-refractivity contribution in [2.75, 3.05) is 33.7 Å². The molecule has 0 aromatic carbocycles. The molecule has 0 bridgehead atoms. The van der Waals surface area contributed by atoms with Crippen molar-refractivity contribution >= 4 is 0 Å². The van der Waals surface area contributed by atoms with Crippen molar-refractivity contribution in [1.82, 2.24) is 15.1 Å². The average Bonchev–Trinajstić information content (AvgIpc) is 2.99. The van der Waals surface area contributed by atoms with Crippen LogP contribution in [0.5, 0.6) is 0 Å². The number of likely N-dealkylation sites (tertiary alicyclic amines) is 1. The van der Waals surface area contributed by atoms with Gasteiger partial charge in [0.15, 0.2) is 0 Å². The highest BCUT2D eigenvalue weighted by atomic mass is 16.3. The second kappa shape index (κ2) is 7.08. The van der Waals surface area contributed by atoms with Crippen LogP contribution in [0.1, 0.15) is 25.5 Å². The average molecular weight is 265 g/mol. The summed E-state index contributed by atoms with van der Waals surface area (Å²) < 4.78 is 5.33. The standard InChI is InChI=1S/C15H27N3O/c1-13(10-16-11-15-7-5-9-19-15)18-8-4-6-14(18)12-17(2)3/h5,7,9,13-14,16H,4,6,8,10-12H2,1-3H3. The minimum Gasteiger partial charge on any atom is -0.468 e. The van der Waals surface area contributed by atoms with Crippen molar-refractivity contribution < 1.29 is 4.42 Å². The highest BCUT2D eigenvalue weighted by Gasteiger charge is 2.28. The predicted molar refractivity (Wildman–Crippen MR) is 78.2 cm³/mol. The summed E-state index contributed by atoms with van der Waals surface area (Å²) in [6.45, 7) is 6.57. The number of likely N-dealkylation sites (N-methyl/N-ethyl adjacent to an activating group) is 1. The van der Waals surface area contributed by atoms with E-state index in [0.717, 1.165) is 24.9 Å². The molecule has 1 aromatic heterocycles. The van der Waals surface area contributed by atoms with Crippen LogP contribution in [0.3, 0.4) is 0 Å². The molecule has 0 spiro atoms. The summed E-state index contributed by atoms with van der Waals surface area (Å²) >= 11 is 0. The van der Waals surface area contributed by atoms with Gasteiger partial charge in [-0.25, -0.2) is 0 Å². The third-order valence-corrected chi connectivity index (χ3v) is 3.88. The highest BCUT2D eigenvalue weighted by Crippen LogP contribution is 2.20. The summed E-state index contributed by atoms with van der Waals surface area (Å²) in [5, 5.41) is 3.49. The quantitative estimate of drug-likeness (QED) is 0.814. The van der Waals surface area contributed by atoms with E-state index in [1.165, 1.54) is 25.9 Å². The van der Waals surface area contributed by atoms with E-state index in [-0.39, 0.29) is 0 Å². The van der Waals surface area contributed by atoms with E-state index in [1.54, 1.807) is 6.26 Å². The van der Waals surface area contributed by atoms with Gasteiger partial charge in [0.05, 0.1) is 12.8 Å². The van der Waals surface area contributed by atoms with Gasteiger partial charge in [-0.3, -0.25) is 4.90 Å². The Hall–Kier alpha value is -0.840. The van der Waals surface area contributed by atoms with Crippen molar-refractivity contribution in [3.63, 3.8) is 0 Å². The normalized spacial score (nSPS) is 22.2. The fourth-order valence-electron chi connectivity index (χ4n) is 2.99. The van der Waals surface area contributed by atoms with Crippen LogP contribution in [0.4, 0.5) is 0 Å². The van der Waals surface area contributed by atoms with E-state index in [2.05, 4.69) is 36.1 Å². The van der Waals surface area contributed by atoms with Crippen LogP contribution in [0.25, 0.3) is 0 Å². The lowest BCUT2D eigenvalue weighted by atomic mass is 10.2. The molecule has 1 saturated heterocycles. The molecule has 1 N–H and O–H groups in total. The smallest absolute Gasteiger partial charge is 0.117 e. The first-order valence-corrected chi connectivity index (χ1v) is 7.30. The molecule has 1 fully saturated rings. The van der Waals surface area contributed by atoms with Crippen LogP contribution in [0.15, 0.2) is 22.8 Å². The van der Waals surface area contributed by atoms with Gasteiger partial charge >= 0.3 is 0 Å². The van der Waals surface area contributed by atoms with Gasteiger partial charge in [-0.2, -0.15) is 0 Å². The van der Waals surface area contributed by atoms with E-state index in [1.807, 2.05) is 12.1 Å². The fraction of sp³-hybridized carbons (Fsp3) is 0.733. The van der Waals surface area contributed by atoms with Crippen molar-refractivity contribution in [1.29, 1.82) is 0 Å². The Labute approximate surface area is 116 Å². The molecule has 1 aromatic rings. The fourth-order valence-corrected chi connectivity index (χ4v) is 2.99. The van der Waals surface area contributed by atoms with Crippen molar-refractivity contribution in [3.05, 3.63) is 24.2 Å². The molecular weight excluding hydrogens is 238 g/mol. The van der Waals surface area contributed by atoms with Gasteiger partial charge < -0.3 is 14.6 Å². The second-order valence-electron chi connectivity index (χ2n) is 5.86. The van der Waals surface area contributed by atoms with Gasteiger partial charge in [0.1, 0.15) is 5.76 Å². The highest BCUT2D eigenvalue weighted by molar-refractivity contribution is 4.97.